The van der Waals surface area contributed by atoms with Gasteiger partial charge in [-0.2, -0.15) is 0 Å². The maximum absolute atomic E-state index is 11.2. The molecule has 92 valence electrons. The molecule has 17 heavy (non-hydrogen) atoms. The number of fused-ring (bicyclic) bond motifs is 1. The molecule has 0 aliphatic rings. The van der Waals surface area contributed by atoms with Gasteiger partial charge in [-0.1, -0.05) is 0 Å². The van der Waals surface area contributed by atoms with Crippen LogP contribution in [-0.2, 0) is 10.0 Å². The third-order valence-electron chi connectivity index (χ3n) is 2.22. The smallest absolute Gasteiger partial charge is 0.213 e. The molecule has 2 aromatic rings. The summed E-state index contributed by atoms with van der Waals surface area (Å²) < 4.78 is 25.6. The molecule has 2 heterocycles. The Morgan fingerprint density at radius 1 is 1.41 bits per heavy atom. The summed E-state index contributed by atoms with van der Waals surface area (Å²) in [6.07, 6.45) is 1.46. The van der Waals surface area contributed by atoms with Gasteiger partial charge in [-0.25, -0.2) is 23.1 Å². The fraction of sp³-hybridized carbons (Fsp3) is 0.333. The molecule has 6 nitrogen and oxygen atoms in total. The molecule has 2 rings (SSSR count). The lowest BCUT2D eigenvalue weighted by Crippen LogP contribution is -2.26. The minimum atomic E-state index is -3.18. The van der Waals surface area contributed by atoms with Gasteiger partial charge in [-0.3, -0.25) is 0 Å². The van der Waals surface area contributed by atoms with Gasteiger partial charge in [0.05, 0.1) is 16.0 Å². The average molecular weight is 272 g/mol. The van der Waals surface area contributed by atoms with Gasteiger partial charge in [-0.05, 0) is 18.5 Å². The summed E-state index contributed by atoms with van der Waals surface area (Å²) in [5, 5.41) is 4.93. The highest BCUT2D eigenvalue weighted by Gasteiger charge is 2.08. The van der Waals surface area contributed by atoms with Crippen molar-refractivity contribution < 1.29 is 8.42 Å². The van der Waals surface area contributed by atoms with E-state index in [0.717, 1.165) is 10.2 Å². The maximum Gasteiger partial charge on any atom is 0.213 e. The average Bonchev–Trinajstić information content (AvgIpc) is 2.78. The molecule has 2 N–H and O–H groups in total. The third-order valence-corrected chi connectivity index (χ3v) is 4.49. The van der Waals surface area contributed by atoms with Crippen LogP contribution in [0, 0.1) is 0 Å². The molecule has 0 unspecified atom stereocenters. The van der Waals surface area contributed by atoms with E-state index in [1.54, 1.807) is 0 Å². The van der Waals surface area contributed by atoms with E-state index in [-0.39, 0.29) is 5.75 Å². The SMILES string of the molecule is CNS(=O)(=O)CCNc1ncnc2ccsc12. The number of nitrogens with zero attached hydrogens (tertiary/aromatic N) is 2. The van der Waals surface area contributed by atoms with Crippen molar-refractivity contribution in [3.05, 3.63) is 17.8 Å². The molecule has 0 spiro atoms. The molecule has 0 saturated heterocycles. The number of rotatable bonds is 5. The molecular formula is C9H12N4O2S2. The molecule has 0 aromatic carbocycles. The highest BCUT2D eigenvalue weighted by atomic mass is 32.2. The van der Waals surface area contributed by atoms with E-state index in [1.165, 1.54) is 24.7 Å². The first-order valence-corrected chi connectivity index (χ1v) is 7.49. The lowest BCUT2D eigenvalue weighted by Gasteiger charge is -2.06. The van der Waals surface area contributed by atoms with Crippen LogP contribution in [0.5, 0.6) is 0 Å². The summed E-state index contributed by atoms with van der Waals surface area (Å²) in [6, 6.07) is 1.90. The molecule has 0 radical (unpaired) electrons. The molecule has 0 saturated carbocycles. The fourth-order valence-corrected chi connectivity index (χ4v) is 2.71. The summed E-state index contributed by atoms with van der Waals surface area (Å²) >= 11 is 1.53. The Labute approximate surface area is 103 Å². The summed E-state index contributed by atoms with van der Waals surface area (Å²) in [5.41, 5.74) is 0.865. The molecule has 0 fully saturated rings. The van der Waals surface area contributed by atoms with Gasteiger partial charge in [0.25, 0.3) is 0 Å². The van der Waals surface area contributed by atoms with Crippen molar-refractivity contribution in [2.75, 3.05) is 24.7 Å². The summed E-state index contributed by atoms with van der Waals surface area (Å²) in [4.78, 5) is 8.20. The van der Waals surface area contributed by atoms with Crippen molar-refractivity contribution in [3.63, 3.8) is 0 Å². The minimum Gasteiger partial charge on any atom is -0.368 e. The monoisotopic (exact) mass is 272 g/mol. The molecule has 0 bridgehead atoms. The zero-order valence-electron chi connectivity index (χ0n) is 9.17. The lowest BCUT2D eigenvalue weighted by atomic mass is 10.4. The van der Waals surface area contributed by atoms with Gasteiger partial charge in [-0.15, -0.1) is 11.3 Å². The first kappa shape index (κ1) is 12.2. The Morgan fingerprint density at radius 3 is 3.00 bits per heavy atom. The molecule has 2 aromatic heterocycles. The van der Waals surface area contributed by atoms with Crippen LogP contribution in [0.25, 0.3) is 10.2 Å². The van der Waals surface area contributed by atoms with Crippen molar-refractivity contribution in [2.45, 2.75) is 0 Å². The zero-order valence-corrected chi connectivity index (χ0v) is 10.8. The first-order chi connectivity index (χ1) is 8.12. The fourth-order valence-electron chi connectivity index (χ4n) is 1.32. The van der Waals surface area contributed by atoms with Crippen LogP contribution in [0.15, 0.2) is 17.8 Å². The maximum atomic E-state index is 11.2. The Hall–Kier alpha value is -1.25. The Balaban J connectivity index is 2.07. The molecule has 0 aliphatic carbocycles. The van der Waals surface area contributed by atoms with Crippen LogP contribution in [0.3, 0.4) is 0 Å². The van der Waals surface area contributed by atoms with E-state index in [2.05, 4.69) is 20.0 Å². The van der Waals surface area contributed by atoms with Crippen LogP contribution < -0.4 is 10.0 Å². The molecule has 0 amide bonds. The van der Waals surface area contributed by atoms with Crippen LogP contribution in [0.4, 0.5) is 5.82 Å². The van der Waals surface area contributed by atoms with E-state index in [9.17, 15) is 8.42 Å². The summed E-state index contributed by atoms with van der Waals surface area (Å²) in [6.45, 7) is 0.313. The van der Waals surface area contributed by atoms with Gasteiger partial charge in [0.15, 0.2) is 0 Å². The van der Waals surface area contributed by atoms with Crippen LogP contribution in [0.2, 0.25) is 0 Å². The topological polar surface area (TPSA) is 84.0 Å². The predicted molar refractivity (Wildman–Crippen MR) is 68.8 cm³/mol. The summed E-state index contributed by atoms with van der Waals surface area (Å²) in [7, 11) is -1.78. The van der Waals surface area contributed by atoms with Crippen molar-refractivity contribution in [2.24, 2.45) is 0 Å². The number of anilines is 1. The molecule has 0 aliphatic heterocycles. The lowest BCUT2D eigenvalue weighted by molar-refractivity contribution is 0.588. The van der Waals surface area contributed by atoms with Crippen LogP contribution >= 0.6 is 11.3 Å². The van der Waals surface area contributed by atoms with Crippen molar-refractivity contribution in [3.8, 4) is 0 Å². The summed E-state index contributed by atoms with van der Waals surface area (Å²) in [5.74, 6) is 0.691. The van der Waals surface area contributed by atoms with E-state index in [0.29, 0.717) is 12.4 Å². The largest absolute Gasteiger partial charge is 0.368 e. The van der Waals surface area contributed by atoms with Crippen LogP contribution in [-0.4, -0.2) is 37.7 Å². The Morgan fingerprint density at radius 2 is 2.24 bits per heavy atom. The normalized spacial score (nSPS) is 11.8. The van der Waals surface area contributed by atoms with Gasteiger partial charge in [0, 0.05) is 6.54 Å². The second-order valence-electron chi connectivity index (χ2n) is 3.31. The number of aromatic nitrogens is 2. The zero-order chi connectivity index (χ0) is 12.3. The van der Waals surface area contributed by atoms with E-state index in [1.807, 2.05) is 11.4 Å². The van der Waals surface area contributed by atoms with Crippen molar-refractivity contribution >= 4 is 37.4 Å². The number of nitrogens with one attached hydrogen (secondary N) is 2. The minimum absolute atomic E-state index is 0.0143. The Kier molecular flexibility index (Phi) is 3.55. The number of hydrogen-bond acceptors (Lipinski definition) is 6. The Bertz CT molecular complexity index is 608. The van der Waals surface area contributed by atoms with Gasteiger partial charge < -0.3 is 5.32 Å². The standard InChI is InChI=1S/C9H12N4O2S2/c1-10-17(14,15)5-3-11-9-8-7(2-4-16-8)12-6-13-9/h2,4,6,10H,3,5H2,1H3,(H,11,12,13). The molecular weight excluding hydrogens is 260 g/mol. The van der Waals surface area contributed by atoms with Crippen molar-refractivity contribution in [1.29, 1.82) is 0 Å². The number of thiophene rings is 1. The third kappa shape index (κ3) is 2.90. The predicted octanol–water partition coefficient (Wildman–Crippen LogP) is 0.652. The number of sulfonamides is 1. The number of hydrogen-bond donors (Lipinski definition) is 2. The second-order valence-corrected chi connectivity index (χ2v) is 6.27. The quantitative estimate of drug-likeness (QED) is 0.835. The van der Waals surface area contributed by atoms with E-state index >= 15 is 0 Å². The van der Waals surface area contributed by atoms with E-state index in [4.69, 9.17) is 0 Å². The second kappa shape index (κ2) is 4.94. The van der Waals surface area contributed by atoms with E-state index < -0.39 is 10.0 Å². The highest BCUT2D eigenvalue weighted by Crippen LogP contribution is 2.24. The van der Waals surface area contributed by atoms with Crippen LogP contribution in [0.1, 0.15) is 0 Å². The molecule has 8 heteroatoms. The van der Waals surface area contributed by atoms with Gasteiger partial charge in [0.1, 0.15) is 12.1 Å². The highest BCUT2D eigenvalue weighted by molar-refractivity contribution is 7.89. The molecule has 0 atom stereocenters. The first-order valence-electron chi connectivity index (χ1n) is 4.96. The van der Waals surface area contributed by atoms with Gasteiger partial charge >= 0.3 is 0 Å². The van der Waals surface area contributed by atoms with Gasteiger partial charge in [0.2, 0.25) is 10.0 Å². The van der Waals surface area contributed by atoms with Crippen molar-refractivity contribution in [1.82, 2.24) is 14.7 Å².